The molecule has 0 saturated carbocycles. The number of tetrazole rings is 1. The van der Waals surface area contributed by atoms with Gasteiger partial charge in [0, 0.05) is 11.5 Å². The van der Waals surface area contributed by atoms with Crippen molar-refractivity contribution in [1.82, 2.24) is 20.6 Å². The van der Waals surface area contributed by atoms with E-state index < -0.39 is 11.5 Å². The lowest BCUT2D eigenvalue weighted by molar-refractivity contribution is -0.115. The predicted molar refractivity (Wildman–Crippen MR) is 99.1 cm³/mol. The summed E-state index contributed by atoms with van der Waals surface area (Å²) < 4.78 is 10.9. The third kappa shape index (κ3) is 4.14. The van der Waals surface area contributed by atoms with Gasteiger partial charge in [-0.3, -0.25) is 10.1 Å². The second-order valence-corrected chi connectivity index (χ2v) is 6.39. The molecule has 2 N–H and O–H groups in total. The van der Waals surface area contributed by atoms with Crippen molar-refractivity contribution in [1.29, 1.82) is 0 Å². The van der Waals surface area contributed by atoms with Gasteiger partial charge < -0.3 is 9.15 Å². The van der Waals surface area contributed by atoms with Crippen molar-refractivity contribution < 1.29 is 13.9 Å². The van der Waals surface area contributed by atoms with Crippen LogP contribution in [0, 0.1) is 6.92 Å². The maximum atomic E-state index is 12.4. The number of benzene rings is 1. The van der Waals surface area contributed by atoms with Crippen molar-refractivity contribution in [3.05, 3.63) is 50.9 Å². The Morgan fingerprint density at radius 1 is 1.44 bits per heavy atom. The zero-order valence-corrected chi connectivity index (χ0v) is 15.4. The van der Waals surface area contributed by atoms with Crippen LogP contribution >= 0.6 is 11.6 Å². The van der Waals surface area contributed by atoms with E-state index in [-0.39, 0.29) is 17.9 Å². The van der Waals surface area contributed by atoms with Gasteiger partial charge in [0.2, 0.25) is 5.91 Å². The smallest absolute Gasteiger partial charge is 0.340 e. The van der Waals surface area contributed by atoms with Gasteiger partial charge >= 0.3 is 5.63 Å². The number of aromatic nitrogens is 4. The average molecular weight is 390 g/mol. The molecule has 0 spiro atoms. The Labute approximate surface area is 158 Å². The predicted octanol–water partition coefficient (Wildman–Crippen LogP) is 2.40. The molecule has 0 fully saturated rings. The quantitative estimate of drug-likeness (QED) is 0.490. The molecule has 2 aromatic heterocycles. The summed E-state index contributed by atoms with van der Waals surface area (Å²) in [5, 5.41) is 16.2. The SMILES string of the molecule is C=C(C)COc1cc2oc(=O)c(CC(=O)Nc3nn[nH]n3)c(C)c2cc1Cl. The molecule has 0 aliphatic rings. The summed E-state index contributed by atoms with van der Waals surface area (Å²) in [7, 11) is 0. The highest BCUT2D eigenvalue weighted by Crippen LogP contribution is 2.32. The Morgan fingerprint density at radius 3 is 2.89 bits per heavy atom. The van der Waals surface area contributed by atoms with E-state index in [2.05, 4.69) is 32.5 Å². The van der Waals surface area contributed by atoms with Crippen LogP contribution in [0.1, 0.15) is 18.1 Å². The summed E-state index contributed by atoms with van der Waals surface area (Å²) in [5.74, 6) is -0.0684. The van der Waals surface area contributed by atoms with Crippen LogP contribution in [0.15, 0.2) is 33.5 Å². The number of halogens is 1. The first-order valence-electron chi connectivity index (χ1n) is 7.91. The maximum Gasteiger partial charge on any atom is 0.340 e. The van der Waals surface area contributed by atoms with Crippen molar-refractivity contribution in [2.45, 2.75) is 20.3 Å². The molecule has 27 heavy (non-hydrogen) atoms. The first-order valence-corrected chi connectivity index (χ1v) is 8.29. The number of hydrogen-bond donors (Lipinski definition) is 2. The molecular weight excluding hydrogens is 374 g/mol. The van der Waals surface area contributed by atoms with E-state index in [1.165, 1.54) is 0 Å². The summed E-state index contributed by atoms with van der Waals surface area (Å²) in [4.78, 5) is 24.5. The number of carbonyl (C=O) groups is 1. The fourth-order valence-electron chi connectivity index (χ4n) is 2.45. The lowest BCUT2D eigenvalue weighted by Gasteiger charge is -2.11. The summed E-state index contributed by atoms with van der Waals surface area (Å²) in [6.07, 6.45) is -0.204. The molecule has 0 bridgehead atoms. The van der Waals surface area contributed by atoms with E-state index in [1.807, 2.05) is 6.92 Å². The van der Waals surface area contributed by atoms with Crippen molar-refractivity contribution in [3.63, 3.8) is 0 Å². The van der Waals surface area contributed by atoms with Crippen molar-refractivity contribution in [2.24, 2.45) is 0 Å². The Hall–Kier alpha value is -3.20. The molecule has 0 unspecified atom stereocenters. The third-order valence-electron chi connectivity index (χ3n) is 3.75. The minimum atomic E-state index is -0.614. The van der Waals surface area contributed by atoms with Gasteiger partial charge in [0.1, 0.15) is 17.9 Å². The van der Waals surface area contributed by atoms with Crippen molar-refractivity contribution in [3.8, 4) is 5.75 Å². The molecular formula is C17H16ClN5O4. The molecule has 0 aliphatic carbocycles. The van der Waals surface area contributed by atoms with Crippen LogP contribution in [0.2, 0.25) is 5.02 Å². The fraction of sp³-hybridized carbons (Fsp3) is 0.235. The molecule has 0 aliphatic heterocycles. The zero-order chi connectivity index (χ0) is 19.6. The highest BCUT2D eigenvalue weighted by atomic mass is 35.5. The van der Waals surface area contributed by atoms with Crippen molar-refractivity contribution >= 4 is 34.4 Å². The molecule has 10 heteroatoms. The van der Waals surface area contributed by atoms with Gasteiger partial charge in [-0.25, -0.2) is 4.79 Å². The highest BCUT2D eigenvalue weighted by molar-refractivity contribution is 6.32. The van der Waals surface area contributed by atoms with Crippen molar-refractivity contribution in [2.75, 3.05) is 11.9 Å². The highest BCUT2D eigenvalue weighted by Gasteiger charge is 2.17. The number of nitrogens with zero attached hydrogens (tertiary/aromatic N) is 3. The van der Waals surface area contributed by atoms with Crippen LogP contribution in [0.25, 0.3) is 11.0 Å². The van der Waals surface area contributed by atoms with E-state index in [9.17, 15) is 9.59 Å². The number of fused-ring (bicyclic) bond motifs is 1. The molecule has 0 radical (unpaired) electrons. The van der Waals surface area contributed by atoms with Gasteiger partial charge in [0.15, 0.2) is 0 Å². The molecule has 0 saturated heterocycles. The van der Waals surface area contributed by atoms with Crippen LogP contribution in [0.3, 0.4) is 0 Å². The minimum Gasteiger partial charge on any atom is -0.488 e. The summed E-state index contributed by atoms with van der Waals surface area (Å²) >= 11 is 6.27. The van der Waals surface area contributed by atoms with Crippen LogP contribution < -0.4 is 15.7 Å². The number of hydrogen-bond acceptors (Lipinski definition) is 7. The molecule has 140 valence electrons. The van der Waals surface area contributed by atoms with Gasteiger partial charge in [-0.2, -0.15) is 5.21 Å². The number of aromatic amines is 1. The van der Waals surface area contributed by atoms with E-state index in [0.29, 0.717) is 33.9 Å². The molecule has 9 nitrogen and oxygen atoms in total. The molecule has 3 aromatic rings. The number of nitrogens with one attached hydrogen (secondary N) is 2. The lowest BCUT2D eigenvalue weighted by Crippen LogP contribution is -2.21. The molecule has 1 amide bonds. The maximum absolute atomic E-state index is 12.4. The second-order valence-electron chi connectivity index (χ2n) is 5.98. The number of H-pyrrole nitrogens is 1. The van der Waals surface area contributed by atoms with E-state index in [1.54, 1.807) is 19.1 Å². The third-order valence-corrected chi connectivity index (χ3v) is 4.04. The lowest BCUT2D eigenvalue weighted by atomic mass is 10.0. The summed E-state index contributed by atoms with van der Waals surface area (Å²) in [5.41, 5.74) is 1.34. The molecule has 0 atom stereocenters. The number of rotatable bonds is 6. The van der Waals surface area contributed by atoms with Gasteiger partial charge in [-0.1, -0.05) is 23.3 Å². The molecule has 2 heterocycles. The summed E-state index contributed by atoms with van der Waals surface area (Å²) in [6.45, 7) is 7.60. The number of aryl methyl sites for hydroxylation is 1. The Kier molecular flexibility index (Phi) is 5.22. The number of anilines is 1. The van der Waals surface area contributed by atoms with Gasteiger partial charge in [-0.05, 0) is 36.3 Å². The van der Waals surface area contributed by atoms with E-state index in [4.69, 9.17) is 20.8 Å². The number of amides is 1. The van der Waals surface area contributed by atoms with Crippen LogP contribution in [-0.4, -0.2) is 33.1 Å². The fourth-order valence-corrected chi connectivity index (χ4v) is 2.67. The van der Waals surface area contributed by atoms with E-state index >= 15 is 0 Å². The normalized spacial score (nSPS) is 10.8. The van der Waals surface area contributed by atoms with E-state index in [0.717, 1.165) is 5.57 Å². The van der Waals surface area contributed by atoms with Crippen LogP contribution in [-0.2, 0) is 11.2 Å². The molecule has 3 rings (SSSR count). The minimum absolute atomic E-state index is 0.0187. The largest absolute Gasteiger partial charge is 0.488 e. The first kappa shape index (κ1) is 18.6. The topological polar surface area (TPSA) is 123 Å². The van der Waals surface area contributed by atoms with Gasteiger partial charge in [0.25, 0.3) is 5.95 Å². The van der Waals surface area contributed by atoms with Crippen LogP contribution in [0.5, 0.6) is 5.75 Å². The first-order chi connectivity index (χ1) is 12.8. The Morgan fingerprint density at radius 2 is 2.22 bits per heavy atom. The standard InChI is InChI=1S/C17H16ClN5O4/c1-8(2)7-26-14-6-13-10(4-12(14)18)9(3)11(16(25)27-13)5-15(24)19-17-20-22-23-21-17/h4,6H,1,5,7H2,2-3H3,(H2,19,20,21,22,23,24). The summed E-state index contributed by atoms with van der Waals surface area (Å²) in [6, 6.07) is 3.20. The van der Waals surface area contributed by atoms with Gasteiger partial charge in [-0.15, -0.1) is 5.10 Å². The van der Waals surface area contributed by atoms with Crippen LogP contribution in [0.4, 0.5) is 5.95 Å². The monoisotopic (exact) mass is 389 g/mol. The number of carbonyl (C=O) groups excluding carboxylic acids is 1. The average Bonchev–Trinajstić information content (AvgIpc) is 3.10. The Bertz CT molecular complexity index is 1080. The second kappa shape index (κ2) is 7.58. The van der Waals surface area contributed by atoms with Gasteiger partial charge in [0.05, 0.1) is 17.0 Å². The zero-order valence-electron chi connectivity index (χ0n) is 14.6. The Balaban J connectivity index is 1.93. The molecule has 1 aromatic carbocycles. The number of ether oxygens (including phenoxy) is 1.